The number of rotatable bonds is 4. The van der Waals surface area contributed by atoms with Crippen molar-refractivity contribution in [1.29, 1.82) is 5.26 Å². The van der Waals surface area contributed by atoms with Gasteiger partial charge < -0.3 is 11.1 Å². The largest absolute Gasteiger partial charge is 0.398 e. The maximum atomic E-state index is 8.78. The molecular weight excluding hydrogens is 226 g/mol. The molecule has 18 heavy (non-hydrogen) atoms. The van der Waals surface area contributed by atoms with Crippen LogP contribution in [0.25, 0.3) is 0 Å². The molecule has 0 aliphatic rings. The molecule has 1 aromatic carbocycles. The summed E-state index contributed by atoms with van der Waals surface area (Å²) in [4.78, 5) is 0. The molecule has 0 fully saturated rings. The zero-order valence-electron chi connectivity index (χ0n) is 10.2. The van der Waals surface area contributed by atoms with Crippen molar-refractivity contribution in [2.45, 2.75) is 6.42 Å². The van der Waals surface area contributed by atoms with Crippen LogP contribution in [-0.2, 0) is 13.5 Å². The Morgan fingerprint density at radius 2 is 2.28 bits per heavy atom. The lowest BCUT2D eigenvalue weighted by molar-refractivity contribution is 0.742. The molecule has 0 spiro atoms. The Morgan fingerprint density at radius 1 is 1.44 bits per heavy atom. The minimum absolute atomic E-state index is 0.500. The number of aryl methyl sites for hydroxylation is 1. The third-order valence-electron chi connectivity index (χ3n) is 2.65. The number of nitrogens with two attached hydrogens (primary N) is 1. The van der Waals surface area contributed by atoms with Crippen LogP contribution in [0.15, 0.2) is 30.5 Å². The average Bonchev–Trinajstić information content (AvgIpc) is 2.75. The summed E-state index contributed by atoms with van der Waals surface area (Å²) in [7, 11) is 1.90. The predicted molar refractivity (Wildman–Crippen MR) is 71.0 cm³/mol. The molecule has 92 valence electrons. The van der Waals surface area contributed by atoms with Gasteiger partial charge in [0.1, 0.15) is 6.07 Å². The first-order chi connectivity index (χ1) is 8.69. The van der Waals surface area contributed by atoms with E-state index in [1.807, 2.05) is 31.4 Å². The van der Waals surface area contributed by atoms with Crippen LogP contribution in [0.4, 0.5) is 11.4 Å². The van der Waals surface area contributed by atoms with E-state index >= 15 is 0 Å². The molecule has 5 nitrogen and oxygen atoms in total. The minimum atomic E-state index is 0.500. The zero-order valence-corrected chi connectivity index (χ0v) is 10.2. The van der Waals surface area contributed by atoms with Crippen molar-refractivity contribution in [3.8, 4) is 6.07 Å². The van der Waals surface area contributed by atoms with E-state index in [0.29, 0.717) is 11.3 Å². The summed E-state index contributed by atoms with van der Waals surface area (Å²) in [5, 5.41) is 16.3. The van der Waals surface area contributed by atoms with Crippen molar-refractivity contribution in [2.75, 3.05) is 17.6 Å². The van der Waals surface area contributed by atoms with Gasteiger partial charge >= 0.3 is 0 Å². The first-order valence-electron chi connectivity index (χ1n) is 5.71. The Kier molecular flexibility index (Phi) is 3.49. The van der Waals surface area contributed by atoms with Gasteiger partial charge in [-0.2, -0.15) is 10.4 Å². The van der Waals surface area contributed by atoms with Gasteiger partial charge in [0, 0.05) is 31.9 Å². The summed E-state index contributed by atoms with van der Waals surface area (Å²) < 4.78 is 1.79. The fourth-order valence-electron chi connectivity index (χ4n) is 1.71. The van der Waals surface area contributed by atoms with E-state index in [-0.39, 0.29) is 0 Å². The fourth-order valence-corrected chi connectivity index (χ4v) is 1.71. The summed E-state index contributed by atoms with van der Waals surface area (Å²) in [5.41, 5.74) is 8.71. The lowest BCUT2D eigenvalue weighted by Gasteiger charge is -2.06. The number of nitrogens with zero attached hydrogens (tertiary/aromatic N) is 3. The molecule has 2 aromatic rings. The van der Waals surface area contributed by atoms with Gasteiger partial charge in [0.15, 0.2) is 0 Å². The SMILES string of the molecule is Cn1ccc(CCNc2ccc(C#N)c(N)c2)n1. The quantitative estimate of drug-likeness (QED) is 0.795. The molecule has 5 heteroatoms. The lowest BCUT2D eigenvalue weighted by Crippen LogP contribution is -2.06. The highest BCUT2D eigenvalue weighted by molar-refractivity contribution is 5.62. The Labute approximate surface area is 106 Å². The Morgan fingerprint density at radius 3 is 2.89 bits per heavy atom. The van der Waals surface area contributed by atoms with Crippen molar-refractivity contribution in [3.63, 3.8) is 0 Å². The second-order valence-electron chi connectivity index (χ2n) is 4.07. The molecule has 0 amide bonds. The van der Waals surface area contributed by atoms with Crippen LogP contribution in [0.1, 0.15) is 11.3 Å². The molecule has 0 aliphatic heterocycles. The van der Waals surface area contributed by atoms with E-state index in [4.69, 9.17) is 11.0 Å². The van der Waals surface area contributed by atoms with Crippen LogP contribution in [-0.4, -0.2) is 16.3 Å². The summed E-state index contributed by atoms with van der Waals surface area (Å²) >= 11 is 0. The lowest BCUT2D eigenvalue weighted by atomic mass is 10.2. The van der Waals surface area contributed by atoms with Crippen molar-refractivity contribution in [1.82, 2.24) is 9.78 Å². The molecule has 0 saturated heterocycles. The standard InChI is InChI=1S/C13H15N5/c1-18-7-5-11(17-18)4-6-16-12-3-2-10(9-14)13(15)8-12/h2-3,5,7-8,16H,4,6,15H2,1H3. The molecule has 0 bridgehead atoms. The maximum Gasteiger partial charge on any atom is 0.101 e. The van der Waals surface area contributed by atoms with E-state index in [1.165, 1.54) is 0 Å². The van der Waals surface area contributed by atoms with E-state index in [1.54, 1.807) is 16.8 Å². The molecule has 3 N–H and O–H groups in total. The zero-order chi connectivity index (χ0) is 13.0. The number of benzene rings is 1. The molecular formula is C13H15N5. The molecule has 0 radical (unpaired) electrons. The van der Waals surface area contributed by atoms with Crippen LogP contribution in [0, 0.1) is 11.3 Å². The second kappa shape index (κ2) is 5.23. The topological polar surface area (TPSA) is 79.7 Å². The minimum Gasteiger partial charge on any atom is -0.398 e. The highest BCUT2D eigenvalue weighted by Crippen LogP contribution is 2.16. The summed E-state index contributed by atoms with van der Waals surface area (Å²) in [6.45, 7) is 0.780. The Balaban J connectivity index is 1.91. The first-order valence-corrected chi connectivity index (χ1v) is 5.71. The summed E-state index contributed by atoms with van der Waals surface area (Å²) in [6, 6.07) is 9.39. The number of aromatic nitrogens is 2. The number of hydrogen-bond donors (Lipinski definition) is 2. The molecule has 0 unspecified atom stereocenters. The van der Waals surface area contributed by atoms with Crippen LogP contribution < -0.4 is 11.1 Å². The van der Waals surface area contributed by atoms with Gasteiger partial charge in [0.25, 0.3) is 0 Å². The van der Waals surface area contributed by atoms with Crippen molar-refractivity contribution < 1.29 is 0 Å². The van der Waals surface area contributed by atoms with Crippen molar-refractivity contribution in [2.24, 2.45) is 7.05 Å². The highest BCUT2D eigenvalue weighted by Gasteiger charge is 2.00. The monoisotopic (exact) mass is 241 g/mol. The molecule has 0 atom stereocenters. The van der Waals surface area contributed by atoms with Gasteiger partial charge in [0.05, 0.1) is 16.9 Å². The molecule has 0 aliphatic carbocycles. The average molecular weight is 241 g/mol. The molecule has 2 rings (SSSR count). The van der Waals surface area contributed by atoms with Gasteiger partial charge in [-0.15, -0.1) is 0 Å². The van der Waals surface area contributed by atoms with Crippen LogP contribution in [0.2, 0.25) is 0 Å². The van der Waals surface area contributed by atoms with Gasteiger partial charge in [-0.1, -0.05) is 0 Å². The summed E-state index contributed by atoms with van der Waals surface area (Å²) in [5.74, 6) is 0. The normalized spacial score (nSPS) is 10.0. The van der Waals surface area contributed by atoms with Gasteiger partial charge in [-0.25, -0.2) is 0 Å². The fraction of sp³-hybridized carbons (Fsp3) is 0.231. The van der Waals surface area contributed by atoms with E-state index < -0.39 is 0 Å². The predicted octanol–water partition coefficient (Wildman–Crippen LogP) is 1.53. The van der Waals surface area contributed by atoms with E-state index in [9.17, 15) is 0 Å². The molecule has 1 aromatic heterocycles. The van der Waals surface area contributed by atoms with E-state index in [0.717, 1.165) is 24.3 Å². The number of hydrogen-bond acceptors (Lipinski definition) is 4. The second-order valence-corrected chi connectivity index (χ2v) is 4.07. The van der Waals surface area contributed by atoms with Crippen LogP contribution >= 0.6 is 0 Å². The molecule has 1 heterocycles. The van der Waals surface area contributed by atoms with Crippen molar-refractivity contribution in [3.05, 3.63) is 41.7 Å². The van der Waals surface area contributed by atoms with Gasteiger partial charge in [-0.05, 0) is 24.3 Å². The Bertz CT molecular complexity index is 579. The smallest absolute Gasteiger partial charge is 0.101 e. The van der Waals surface area contributed by atoms with Crippen LogP contribution in [0.5, 0.6) is 0 Å². The van der Waals surface area contributed by atoms with Crippen LogP contribution in [0.3, 0.4) is 0 Å². The van der Waals surface area contributed by atoms with Gasteiger partial charge in [-0.3, -0.25) is 4.68 Å². The number of nitriles is 1. The van der Waals surface area contributed by atoms with E-state index in [2.05, 4.69) is 10.4 Å². The summed E-state index contributed by atoms with van der Waals surface area (Å²) in [6.07, 6.45) is 2.77. The molecule has 0 saturated carbocycles. The Hall–Kier alpha value is -2.48. The van der Waals surface area contributed by atoms with Gasteiger partial charge in [0.2, 0.25) is 0 Å². The number of anilines is 2. The third kappa shape index (κ3) is 2.80. The highest BCUT2D eigenvalue weighted by atomic mass is 15.2. The maximum absolute atomic E-state index is 8.78. The number of nitrogen functional groups attached to an aromatic ring is 1. The van der Waals surface area contributed by atoms with Crippen molar-refractivity contribution >= 4 is 11.4 Å². The first kappa shape index (κ1) is 12.0. The third-order valence-corrected chi connectivity index (χ3v) is 2.65. The number of nitrogens with one attached hydrogen (secondary N) is 1.